The minimum Gasteiger partial charge on any atom is -0.388 e. The maximum atomic E-state index is 5.77. The molecule has 0 aromatic carbocycles. The average Bonchev–Trinajstić information content (AvgIpc) is 1.88. The smallest absolute Gasteiger partial charge is 0.0308 e. The van der Waals surface area contributed by atoms with Gasteiger partial charge in [0.15, 0.2) is 0 Å². The maximum Gasteiger partial charge on any atom is 0.0308 e. The number of hydrogen-bond acceptors (Lipinski definition) is 1. The lowest BCUT2D eigenvalue weighted by Crippen LogP contribution is -2.05. The van der Waals surface area contributed by atoms with E-state index in [2.05, 4.69) is 11.4 Å². The lowest BCUT2D eigenvalue weighted by molar-refractivity contribution is 0.931. The van der Waals surface area contributed by atoms with Crippen LogP contribution in [0.25, 0.3) is 0 Å². The highest BCUT2D eigenvalue weighted by atomic mass is 35.5. The molecule has 0 atom stereocenters. The monoisotopic (exact) mass is 143 g/mol. The molecule has 0 unspecified atom stereocenters. The van der Waals surface area contributed by atoms with Gasteiger partial charge in [-0.3, -0.25) is 0 Å². The first kappa shape index (κ1) is 6.69. The number of likely N-dealkylation sites (N-methyl/N-ethyl adjacent to an activating group) is 1. The fourth-order valence-corrected chi connectivity index (χ4v) is 1.07. The molecule has 1 aliphatic rings. The first-order chi connectivity index (χ1) is 4.33. The molecule has 9 heavy (non-hydrogen) atoms. The molecule has 0 bridgehead atoms. The molecule has 0 fully saturated rings. The van der Waals surface area contributed by atoms with Crippen molar-refractivity contribution >= 4 is 11.6 Å². The Bertz CT molecular complexity index is 158. The molecule has 0 spiro atoms. The van der Waals surface area contributed by atoms with Crippen molar-refractivity contribution in [3.05, 3.63) is 22.9 Å². The van der Waals surface area contributed by atoms with Crippen LogP contribution < -0.4 is 5.32 Å². The summed E-state index contributed by atoms with van der Waals surface area (Å²) >= 11 is 5.77. The molecular formula is C7H10ClN. The lowest BCUT2D eigenvalue weighted by Gasteiger charge is -2.07. The van der Waals surface area contributed by atoms with Crippen LogP contribution in [0.3, 0.4) is 0 Å². The Morgan fingerprint density at radius 2 is 2.44 bits per heavy atom. The molecule has 50 valence electrons. The van der Waals surface area contributed by atoms with E-state index in [1.165, 1.54) is 0 Å². The SMILES string of the molecule is CNC1=CCCC(Cl)=C1. The van der Waals surface area contributed by atoms with Crippen molar-refractivity contribution in [2.45, 2.75) is 12.8 Å². The molecule has 0 amide bonds. The molecule has 1 rings (SSSR count). The van der Waals surface area contributed by atoms with E-state index in [1.807, 2.05) is 13.1 Å². The highest BCUT2D eigenvalue weighted by molar-refractivity contribution is 6.29. The van der Waals surface area contributed by atoms with Crippen LogP contribution >= 0.6 is 11.6 Å². The topological polar surface area (TPSA) is 12.0 Å². The summed E-state index contributed by atoms with van der Waals surface area (Å²) in [6.07, 6.45) is 6.16. The molecule has 0 radical (unpaired) electrons. The summed E-state index contributed by atoms with van der Waals surface area (Å²) in [5, 5.41) is 3.98. The van der Waals surface area contributed by atoms with E-state index in [0.29, 0.717) is 0 Å². The summed E-state index contributed by atoms with van der Waals surface area (Å²) in [7, 11) is 1.90. The predicted molar refractivity (Wildman–Crippen MR) is 40.3 cm³/mol. The van der Waals surface area contributed by atoms with E-state index in [0.717, 1.165) is 23.6 Å². The van der Waals surface area contributed by atoms with Crippen LogP contribution in [0.2, 0.25) is 0 Å². The zero-order valence-corrected chi connectivity index (χ0v) is 6.20. The van der Waals surface area contributed by atoms with E-state index in [-0.39, 0.29) is 0 Å². The number of allylic oxidation sites excluding steroid dienone is 3. The second kappa shape index (κ2) is 2.92. The van der Waals surface area contributed by atoms with Gasteiger partial charge in [-0.1, -0.05) is 17.7 Å². The fraction of sp³-hybridized carbons (Fsp3) is 0.429. The number of halogens is 1. The van der Waals surface area contributed by atoms with Crippen LogP contribution in [0, 0.1) is 0 Å². The van der Waals surface area contributed by atoms with Crippen LogP contribution in [-0.2, 0) is 0 Å². The molecular weight excluding hydrogens is 134 g/mol. The molecule has 1 N–H and O–H groups in total. The Kier molecular flexibility index (Phi) is 2.17. The summed E-state index contributed by atoms with van der Waals surface area (Å²) in [5.74, 6) is 0. The van der Waals surface area contributed by atoms with Crippen molar-refractivity contribution in [1.82, 2.24) is 5.32 Å². The van der Waals surface area contributed by atoms with Gasteiger partial charge in [-0.25, -0.2) is 0 Å². The van der Waals surface area contributed by atoms with Gasteiger partial charge < -0.3 is 5.32 Å². The second-order valence-corrected chi connectivity index (χ2v) is 2.52. The Morgan fingerprint density at radius 1 is 1.67 bits per heavy atom. The molecule has 1 nitrogen and oxygen atoms in total. The van der Waals surface area contributed by atoms with Gasteiger partial charge >= 0.3 is 0 Å². The van der Waals surface area contributed by atoms with Gasteiger partial charge in [0.25, 0.3) is 0 Å². The minimum atomic E-state index is 0.946. The van der Waals surface area contributed by atoms with Crippen LogP contribution in [0.15, 0.2) is 22.9 Å². The third-order valence-corrected chi connectivity index (χ3v) is 1.65. The van der Waals surface area contributed by atoms with Crippen molar-refractivity contribution in [3.8, 4) is 0 Å². The normalized spacial score (nSPS) is 18.4. The Labute approximate surface area is 60.4 Å². The lowest BCUT2D eigenvalue weighted by atomic mass is 10.1. The quantitative estimate of drug-likeness (QED) is 0.592. The molecule has 0 saturated carbocycles. The number of nitrogens with one attached hydrogen (secondary N) is 1. The van der Waals surface area contributed by atoms with Gasteiger partial charge in [0, 0.05) is 17.8 Å². The minimum absolute atomic E-state index is 0.946. The van der Waals surface area contributed by atoms with Crippen molar-refractivity contribution in [1.29, 1.82) is 0 Å². The highest BCUT2D eigenvalue weighted by Crippen LogP contribution is 2.17. The molecule has 0 saturated heterocycles. The van der Waals surface area contributed by atoms with Crippen LogP contribution in [0.5, 0.6) is 0 Å². The largest absolute Gasteiger partial charge is 0.388 e. The Balaban J connectivity index is 2.63. The molecule has 1 aliphatic carbocycles. The van der Waals surface area contributed by atoms with Crippen molar-refractivity contribution < 1.29 is 0 Å². The van der Waals surface area contributed by atoms with E-state index in [4.69, 9.17) is 11.6 Å². The first-order valence-electron chi connectivity index (χ1n) is 3.07. The van der Waals surface area contributed by atoms with Crippen molar-refractivity contribution in [2.75, 3.05) is 7.05 Å². The van der Waals surface area contributed by atoms with E-state index < -0.39 is 0 Å². The van der Waals surface area contributed by atoms with E-state index >= 15 is 0 Å². The standard InChI is InChI=1S/C7H10ClN/c1-9-7-4-2-3-6(8)5-7/h4-5,9H,2-3H2,1H3. The summed E-state index contributed by atoms with van der Waals surface area (Å²) < 4.78 is 0. The van der Waals surface area contributed by atoms with Gasteiger partial charge in [0.05, 0.1) is 0 Å². The summed E-state index contributed by atoms with van der Waals surface area (Å²) in [6.45, 7) is 0. The average molecular weight is 144 g/mol. The third kappa shape index (κ3) is 1.75. The predicted octanol–water partition coefficient (Wildman–Crippen LogP) is 2.01. The van der Waals surface area contributed by atoms with Gasteiger partial charge in [-0.05, 0) is 18.9 Å². The van der Waals surface area contributed by atoms with Crippen molar-refractivity contribution in [2.24, 2.45) is 0 Å². The number of hydrogen-bond donors (Lipinski definition) is 1. The fourth-order valence-electron chi connectivity index (χ4n) is 0.840. The van der Waals surface area contributed by atoms with Crippen LogP contribution in [0.4, 0.5) is 0 Å². The van der Waals surface area contributed by atoms with Gasteiger partial charge in [-0.2, -0.15) is 0 Å². The second-order valence-electron chi connectivity index (χ2n) is 2.04. The Morgan fingerprint density at radius 3 is 2.89 bits per heavy atom. The highest BCUT2D eigenvalue weighted by Gasteiger charge is 1.99. The zero-order chi connectivity index (χ0) is 6.69. The molecule has 0 aromatic rings. The van der Waals surface area contributed by atoms with E-state index in [9.17, 15) is 0 Å². The summed E-state index contributed by atoms with van der Waals surface area (Å²) in [4.78, 5) is 0. The van der Waals surface area contributed by atoms with Crippen LogP contribution in [-0.4, -0.2) is 7.05 Å². The molecule has 0 aliphatic heterocycles. The maximum absolute atomic E-state index is 5.77. The van der Waals surface area contributed by atoms with Gasteiger partial charge in [0.2, 0.25) is 0 Å². The van der Waals surface area contributed by atoms with Crippen LogP contribution in [0.1, 0.15) is 12.8 Å². The molecule has 2 heteroatoms. The summed E-state index contributed by atoms with van der Waals surface area (Å²) in [6, 6.07) is 0. The number of rotatable bonds is 1. The van der Waals surface area contributed by atoms with Gasteiger partial charge in [0.1, 0.15) is 0 Å². The van der Waals surface area contributed by atoms with E-state index in [1.54, 1.807) is 0 Å². The third-order valence-electron chi connectivity index (χ3n) is 1.35. The van der Waals surface area contributed by atoms with Crippen molar-refractivity contribution in [3.63, 3.8) is 0 Å². The zero-order valence-electron chi connectivity index (χ0n) is 5.45. The molecule has 0 heterocycles. The summed E-state index contributed by atoms with van der Waals surface area (Å²) in [5.41, 5.74) is 1.13. The molecule has 0 aromatic heterocycles. The van der Waals surface area contributed by atoms with Gasteiger partial charge in [-0.15, -0.1) is 0 Å². The first-order valence-corrected chi connectivity index (χ1v) is 3.44. The Hall–Kier alpha value is -0.430.